The molecule has 6 nitrogen and oxygen atoms in total. The summed E-state index contributed by atoms with van der Waals surface area (Å²) >= 11 is 0. The van der Waals surface area contributed by atoms with Crippen LogP contribution >= 0.6 is 0 Å². The number of aliphatic imine (C=N–C) groups is 1. The summed E-state index contributed by atoms with van der Waals surface area (Å²) in [6, 6.07) is 14.5. The highest BCUT2D eigenvalue weighted by molar-refractivity contribution is 5.83. The number of hydrogen-bond donors (Lipinski definition) is 2. The van der Waals surface area contributed by atoms with E-state index in [1.165, 1.54) is 10.8 Å². The van der Waals surface area contributed by atoms with Crippen LogP contribution in [0, 0.1) is 0 Å². The van der Waals surface area contributed by atoms with Gasteiger partial charge in [0.15, 0.2) is 5.96 Å². The van der Waals surface area contributed by atoms with E-state index in [4.69, 9.17) is 4.74 Å². The maximum absolute atomic E-state index is 11.6. The summed E-state index contributed by atoms with van der Waals surface area (Å²) < 4.78 is 5.87. The fourth-order valence-corrected chi connectivity index (χ4v) is 3.46. The third kappa shape index (κ3) is 6.66. The van der Waals surface area contributed by atoms with Crippen molar-refractivity contribution in [3.05, 3.63) is 42.5 Å². The molecule has 1 aliphatic rings. The van der Waals surface area contributed by atoms with Crippen molar-refractivity contribution in [2.24, 2.45) is 4.99 Å². The van der Waals surface area contributed by atoms with E-state index < -0.39 is 0 Å². The summed E-state index contributed by atoms with van der Waals surface area (Å²) in [7, 11) is 0. The molecule has 0 aliphatic carbocycles. The van der Waals surface area contributed by atoms with Crippen LogP contribution in [0.5, 0.6) is 5.75 Å². The molecule has 1 saturated heterocycles. The highest BCUT2D eigenvalue weighted by atomic mass is 16.5. The van der Waals surface area contributed by atoms with E-state index in [0.717, 1.165) is 57.2 Å². The first-order valence-corrected chi connectivity index (χ1v) is 10.7. The predicted octanol–water partition coefficient (Wildman–Crippen LogP) is 3.18. The molecule has 2 aromatic carbocycles. The number of hydrogen-bond acceptors (Lipinski definition) is 3. The standard InChI is InChI=1S/C23H32N4O2/c1-2-24-23(25-13-6-16-27-15-5-10-22(27)28)26-14-7-17-29-21-12-11-19-8-3-4-9-20(19)18-21/h3-4,8-9,11-12,18H,2,5-7,10,13-17H2,1H3,(H2,24,25,26). The first-order valence-electron chi connectivity index (χ1n) is 10.7. The van der Waals surface area contributed by atoms with Crippen molar-refractivity contribution < 1.29 is 9.53 Å². The van der Waals surface area contributed by atoms with Gasteiger partial charge >= 0.3 is 0 Å². The normalized spacial score (nSPS) is 14.4. The number of guanidine groups is 1. The average molecular weight is 397 g/mol. The molecule has 1 heterocycles. The Morgan fingerprint density at radius 2 is 2.00 bits per heavy atom. The van der Waals surface area contributed by atoms with E-state index in [9.17, 15) is 4.79 Å². The van der Waals surface area contributed by atoms with E-state index in [-0.39, 0.29) is 5.91 Å². The quantitative estimate of drug-likeness (QED) is 0.368. The Kier molecular flexibility index (Phi) is 8.16. The topological polar surface area (TPSA) is 66.0 Å². The smallest absolute Gasteiger partial charge is 0.222 e. The minimum atomic E-state index is 0.289. The number of carbonyl (C=O) groups excluding carboxylic acids is 1. The number of rotatable bonds is 10. The zero-order valence-electron chi connectivity index (χ0n) is 17.3. The van der Waals surface area contributed by atoms with Gasteiger partial charge in [-0.25, -0.2) is 0 Å². The van der Waals surface area contributed by atoms with Crippen LogP contribution in [0.15, 0.2) is 47.5 Å². The van der Waals surface area contributed by atoms with Gasteiger partial charge in [-0.15, -0.1) is 0 Å². The summed E-state index contributed by atoms with van der Waals surface area (Å²) in [6.07, 6.45) is 3.49. The number of likely N-dealkylation sites (tertiary alicyclic amines) is 1. The van der Waals surface area contributed by atoms with Crippen LogP contribution in [0.4, 0.5) is 0 Å². The van der Waals surface area contributed by atoms with Crippen LogP contribution in [0.3, 0.4) is 0 Å². The molecule has 0 aromatic heterocycles. The van der Waals surface area contributed by atoms with Crippen molar-refractivity contribution in [2.45, 2.75) is 32.6 Å². The number of benzene rings is 2. The lowest BCUT2D eigenvalue weighted by Crippen LogP contribution is -2.39. The Bertz CT molecular complexity index is 821. The first kappa shape index (κ1) is 21.0. The molecular formula is C23H32N4O2. The Balaban J connectivity index is 1.35. The van der Waals surface area contributed by atoms with Gasteiger partial charge in [0, 0.05) is 45.6 Å². The maximum atomic E-state index is 11.6. The van der Waals surface area contributed by atoms with Gasteiger partial charge in [0.25, 0.3) is 0 Å². The number of nitrogens with zero attached hydrogens (tertiary/aromatic N) is 2. The van der Waals surface area contributed by atoms with Crippen molar-refractivity contribution in [2.75, 3.05) is 39.3 Å². The minimum absolute atomic E-state index is 0.289. The van der Waals surface area contributed by atoms with Crippen molar-refractivity contribution in [1.82, 2.24) is 15.5 Å². The molecule has 1 aliphatic heterocycles. The van der Waals surface area contributed by atoms with Gasteiger partial charge in [0.05, 0.1) is 6.61 Å². The largest absolute Gasteiger partial charge is 0.494 e. The summed E-state index contributed by atoms with van der Waals surface area (Å²) in [5, 5.41) is 9.03. The number of nitrogens with one attached hydrogen (secondary N) is 2. The second-order valence-electron chi connectivity index (χ2n) is 7.24. The van der Waals surface area contributed by atoms with E-state index in [1.54, 1.807) is 0 Å². The van der Waals surface area contributed by atoms with Crippen molar-refractivity contribution in [3.63, 3.8) is 0 Å². The fourth-order valence-electron chi connectivity index (χ4n) is 3.46. The summed E-state index contributed by atoms with van der Waals surface area (Å²) in [5.74, 6) is 2.01. The fraction of sp³-hybridized carbons (Fsp3) is 0.478. The van der Waals surface area contributed by atoms with Crippen LogP contribution < -0.4 is 15.4 Å². The molecule has 0 saturated carbocycles. The second-order valence-corrected chi connectivity index (χ2v) is 7.24. The Hall–Kier alpha value is -2.76. The lowest BCUT2D eigenvalue weighted by molar-refractivity contribution is -0.127. The van der Waals surface area contributed by atoms with E-state index in [2.05, 4.69) is 46.8 Å². The van der Waals surface area contributed by atoms with Crippen LogP contribution in [0.25, 0.3) is 10.8 Å². The Morgan fingerprint density at radius 1 is 1.14 bits per heavy atom. The van der Waals surface area contributed by atoms with Crippen LogP contribution in [-0.2, 0) is 4.79 Å². The van der Waals surface area contributed by atoms with E-state index >= 15 is 0 Å². The molecule has 0 unspecified atom stereocenters. The molecule has 1 amide bonds. The molecule has 0 atom stereocenters. The number of amides is 1. The monoisotopic (exact) mass is 396 g/mol. The number of carbonyl (C=O) groups is 1. The predicted molar refractivity (Wildman–Crippen MR) is 118 cm³/mol. The number of ether oxygens (including phenoxy) is 1. The summed E-state index contributed by atoms with van der Waals surface area (Å²) in [6.45, 7) is 6.76. The lowest BCUT2D eigenvalue weighted by Gasteiger charge is -2.16. The van der Waals surface area contributed by atoms with Gasteiger partial charge in [0.1, 0.15) is 5.75 Å². The minimum Gasteiger partial charge on any atom is -0.494 e. The van der Waals surface area contributed by atoms with Gasteiger partial charge < -0.3 is 20.3 Å². The zero-order chi connectivity index (χ0) is 20.3. The Labute approximate surface area is 173 Å². The molecule has 0 spiro atoms. The van der Waals surface area contributed by atoms with E-state index in [0.29, 0.717) is 19.6 Å². The van der Waals surface area contributed by atoms with Gasteiger partial charge in [-0.1, -0.05) is 30.3 Å². The third-order valence-electron chi connectivity index (χ3n) is 4.97. The average Bonchev–Trinajstić information content (AvgIpc) is 3.15. The molecule has 0 bridgehead atoms. The van der Waals surface area contributed by atoms with Gasteiger partial charge in [-0.3, -0.25) is 9.79 Å². The van der Waals surface area contributed by atoms with Crippen LogP contribution in [-0.4, -0.2) is 56.1 Å². The molecule has 6 heteroatoms. The molecular weight excluding hydrogens is 364 g/mol. The molecule has 2 aromatic rings. The summed E-state index contributed by atoms with van der Waals surface area (Å²) in [4.78, 5) is 18.2. The molecule has 29 heavy (non-hydrogen) atoms. The maximum Gasteiger partial charge on any atom is 0.222 e. The van der Waals surface area contributed by atoms with Gasteiger partial charge in [-0.05, 0) is 42.7 Å². The van der Waals surface area contributed by atoms with Crippen molar-refractivity contribution >= 4 is 22.6 Å². The highest BCUT2D eigenvalue weighted by Gasteiger charge is 2.18. The second kappa shape index (κ2) is 11.3. The van der Waals surface area contributed by atoms with E-state index in [1.807, 2.05) is 23.1 Å². The van der Waals surface area contributed by atoms with Crippen molar-refractivity contribution in [3.8, 4) is 5.75 Å². The van der Waals surface area contributed by atoms with Crippen LogP contribution in [0.2, 0.25) is 0 Å². The van der Waals surface area contributed by atoms with Gasteiger partial charge in [-0.2, -0.15) is 0 Å². The highest BCUT2D eigenvalue weighted by Crippen LogP contribution is 2.20. The Morgan fingerprint density at radius 3 is 2.79 bits per heavy atom. The molecule has 0 radical (unpaired) electrons. The first-order chi connectivity index (χ1) is 14.3. The molecule has 1 fully saturated rings. The zero-order valence-corrected chi connectivity index (χ0v) is 17.3. The van der Waals surface area contributed by atoms with Gasteiger partial charge in [0.2, 0.25) is 5.91 Å². The van der Waals surface area contributed by atoms with Crippen LogP contribution in [0.1, 0.15) is 32.6 Å². The third-order valence-corrected chi connectivity index (χ3v) is 4.97. The van der Waals surface area contributed by atoms with Crippen molar-refractivity contribution in [1.29, 1.82) is 0 Å². The lowest BCUT2D eigenvalue weighted by atomic mass is 10.1. The molecule has 156 valence electrons. The molecule has 2 N–H and O–H groups in total. The number of fused-ring (bicyclic) bond motifs is 1. The summed E-state index contributed by atoms with van der Waals surface area (Å²) in [5.41, 5.74) is 0. The molecule has 3 rings (SSSR count). The SMILES string of the molecule is CCNC(=NCCCOc1ccc2ccccc2c1)NCCCN1CCCC1=O.